The van der Waals surface area contributed by atoms with E-state index in [4.69, 9.17) is 4.42 Å². The third-order valence-corrected chi connectivity index (χ3v) is 16.2. The van der Waals surface area contributed by atoms with Crippen LogP contribution in [0, 0.1) is 48.5 Å². The molecule has 0 aliphatic carbocycles. The summed E-state index contributed by atoms with van der Waals surface area (Å²) in [6.45, 7) is 45.2. The first-order chi connectivity index (χ1) is 35.7. The lowest BCUT2D eigenvalue weighted by molar-refractivity contribution is 0.573. The van der Waals surface area contributed by atoms with Gasteiger partial charge in [-0.05, 0) is 187 Å². The maximum Gasteiger partial charge on any atom is 0.252 e. The van der Waals surface area contributed by atoms with E-state index in [1.807, 2.05) is 30.4 Å². The molecule has 0 saturated carbocycles. The molecule has 0 amide bonds. The van der Waals surface area contributed by atoms with Crippen LogP contribution in [0.1, 0.15) is 115 Å². The number of hydrogen-bond donors (Lipinski definition) is 0. The Bertz CT molecular complexity index is 4020. The Morgan fingerprint density at radius 2 is 1.16 bits per heavy atom. The van der Waals surface area contributed by atoms with Gasteiger partial charge in [-0.3, -0.25) is 0 Å². The summed E-state index contributed by atoms with van der Waals surface area (Å²) in [5, 5.41) is 3.08. The van der Waals surface area contributed by atoms with Crippen LogP contribution in [0.5, 0.6) is 0 Å². The number of aryl methyl sites for hydroxylation is 7. The number of allylic oxidation sites excluding steroid dienone is 2. The molecular formula is C70H70BN3O. The van der Waals surface area contributed by atoms with Crippen LogP contribution in [0.3, 0.4) is 0 Å². The molecule has 0 bridgehead atoms. The van der Waals surface area contributed by atoms with E-state index in [9.17, 15) is 0 Å². The van der Waals surface area contributed by atoms with E-state index in [-0.39, 0.29) is 17.5 Å². The van der Waals surface area contributed by atoms with Crippen LogP contribution in [0.4, 0.5) is 34.1 Å². The number of nitrogens with zero attached hydrogens (tertiary/aromatic N) is 3. The van der Waals surface area contributed by atoms with E-state index in [2.05, 4.69) is 234 Å². The molecule has 0 radical (unpaired) electrons. The van der Waals surface area contributed by atoms with E-state index >= 15 is 0 Å². The number of anilines is 6. The molecule has 0 spiro atoms. The van der Waals surface area contributed by atoms with Gasteiger partial charge in [-0.15, -0.1) is 0 Å². The number of aromatic nitrogens is 1. The Hall–Kier alpha value is -7.76. The molecule has 7 aromatic carbocycles. The fourth-order valence-electron chi connectivity index (χ4n) is 12.7. The van der Waals surface area contributed by atoms with Crippen LogP contribution in [0.25, 0.3) is 51.9 Å². The lowest BCUT2D eigenvalue weighted by atomic mass is 9.33. The van der Waals surface area contributed by atoms with Crippen molar-refractivity contribution in [3.8, 4) is 5.69 Å². The quantitative estimate of drug-likeness (QED) is 0.149. The Morgan fingerprint density at radius 3 is 1.72 bits per heavy atom. The predicted molar refractivity (Wildman–Crippen MR) is 326 cm³/mol. The van der Waals surface area contributed by atoms with Gasteiger partial charge in [0.15, 0.2) is 0 Å². The molecular weight excluding hydrogens is 910 g/mol. The maximum absolute atomic E-state index is 6.57. The highest BCUT2D eigenvalue weighted by molar-refractivity contribution is 7.00. The monoisotopic (exact) mass is 980 g/mol. The van der Waals surface area contributed by atoms with E-state index in [1.54, 1.807) is 0 Å². The second kappa shape index (κ2) is 17.7. The number of benzene rings is 7. The van der Waals surface area contributed by atoms with Crippen molar-refractivity contribution in [2.45, 2.75) is 108 Å². The van der Waals surface area contributed by atoms with Gasteiger partial charge in [0.1, 0.15) is 11.0 Å². The van der Waals surface area contributed by atoms with Crippen LogP contribution in [-0.2, 0) is 10.8 Å². The molecule has 0 atom stereocenters. The van der Waals surface area contributed by atoms with E-state index in [0.717, 1.165) is 66.5 Å². The number of hydrogen-bond acceptors (Lipinski definition) is 3. The molecule has 0 unspecified atom stereocenters. The highest BCUT2D eigenvalue weighted by Gasteiger charge is 2.45. The lowest BCUT2D eigenvalue weighted by Crippen LogP contribution is -2.61. The van der Waals surface area contributed by atoms with Crippen LogP contribution in [-0.4, -0.2) is 11.3 Å². The summed E-state index contributed by atoms with van der Waals surface area (Å²) >= 11 is 0. The number of fused-ring (bicyclic) bond motifs is 6. The third kappa shape index (κ3) is 7.63. The minimum atomic E-state index is -0.0840. The summed E-state index contributed by atoms with van der Waals surface area (Å²) in [6, 6.07) is 41.5. The number of para-hydroxylation sites is 2. The molecule has 11 rings (SSSR count). The molecule has 75 heavy (non-hydrogen) atoms. The topological polar surface area (TPSA) is 24.6 Å². The van der Waals surface area contributed by atoms with Gasteiger partial charge < -0.3 is 18.8 Å². The number of rotatable bonds is 7. The Morgan fingerprint density at radius 1 is 0.573 bits per heavy atom. The van der Waals surface area contributed by atoms with Gasteiger partial charge in [0.05, 0.1) is 28.3 Å². The third-order valence-electron chi connectivity index (χ3n) is 16.2. The molecule has 2 aromatic heterocycles. The standard InChI is InChI=1S/C70H70BN3O/c1-18-24-53-54-38-56-60(39-58(54)72(57(53)20-3)65-41(5)25-23-26-42(65)6)74(66-43(7)33-48(34-44(66)8)51(19-2)68-47(11)52-27-21-22-28-63(52)75-68)62-32-40(4)31-61-64(62)71(56)55-30-29-49(69(12,13)14)37-59(55)73(61)67-45(9)35-50(36-46(67)10)70(15,16)17/h18-39H,2-3,11H2,1,4-10,12-17H3/b24-18-,68-51-. The molecule has 2 aliphatic heterocycles. The average molecular weight is 980 g/mol. The minimum Gasteiger partial charge on any atom is -0.455 e. The molecule has 374 valence electrons. The van der Waals surface area contributed by atoms with Crippen molar-refractivity contribution in [1.29, 1.82) is 0 Å². The van der Waals surface area contributed by atoms with E-state index < -0.39 is 0 Å². The van der Waals surface area contributed by atoms with Crippen LogP contribution >= 0.6 is 0 Å². The minimum absolute atomic E-state index is 0.00177. The Kier molecular flexibility index (Phi) is 11.7. The highest BCUT2D eigenvalue weighted by Crippen LogP contribution is 2.50. The van der Waals surface area contributed by atoms with Crippen LogP contribution in [0.15, 0.2) is 139 Å². The molecule has 4 nitrogen and oxygen atoms in total. The first-order valence-corrected chi connectivity index (χ1v) is 26.7. The van der Waals surface area contributed by atoms with Gasteiger partial charge in [-0.25, -0.2) is 0 Å². The summed E-state index contributed by atoms with van der Waals surface area (Å²) in [5.41, 5.74) is 30.2. The Labute approximate surface area is 445 Å². The normalized spacial score (nSPS) is 13.7. The van der Waals surface area contributed by atoms with Crippen molar-refractivity contribution in [3.05, 3.63) is 212 Å². The van der Waals surface area contributed by atoms with Gasteiger partial charge in [-0.1, -0.05) is 146 Å². The molecule has 4 heterocycles. The van der Waals surface area contributed by atoms with E-state index in [0.29, 0.717) is 0 Å². The van der Waals surface area contributed by atoms with Crippen molar-refractivity contribution in [1.82, 2.24) is 4.57 Å². The SMILES string of the molecule is C=C/C(c1cc(C)c(N2c3cc4c(cc3B3c5ccc(C(C)(C)C)cc5N(c5c(C)cc(C(C)(C)C)cc5C)c5cc(C)cc2c53)c(/C=C\C)c(C=C)n4-c2c(C)cccc2C)c(C)c1)=c1/oc2ccccc2c1=C. The predicted octanol–water partition coefficient (Wildman–Crippen LogP) is 15.7. The van der Waals surface area contributed by atoms with E-state index in [1.165, 1.54) is 94.7 Å². The fraction of sp³-hybridized carbons (Fsp3) is 0.229. The second-order valence-corrected chi connectivity index (χ2v) is 23.5. The zero-order chi connectivity index (χ0) is 53.3. The summed E-state index contributed by atoms with van der Waals surface area (Å²) in [6.07, 6.45) is 8.41. The molecule has 5 heteroatoms. The van der Waals surface area contributed by atoms with Gasteiger partial charge >= 0.3 is 0 Å². The molecule has 9 aromatic rings. The van der Waals surface area contributed by atoms with Crippen LogP contribution < -0.4 is 36.8 Å². The smallest absolute Gasteiger partial charge is 0.252 e. The zero-order valence-corrected chi connectivity index (χ0v) is 46.7. The summed E-state index contributed by atoms with van der Waals surface area (Å²) in [4.78, 5) is 5.23. The van der Waals surface area contributed by atoms with Crippen molar-refractivity contribution in [3.63, 3.8) is 0 Å². The summed E-state index contributed by atoms with van der Waals surface area (Å²) < 4.78 is 9.03. The first-order valence-electron chi connectivity index (χ1n) is 26.7. The zero-order valence-electron chi connectivity index (χ0n) is 46.7. The average Bonchev–Trinajstić information content (AvgIpc) is 3.87. The van der Waals surface area contributed by atoms with Crippen molar-refractivity contribution in [2.75, 3.05) is 9.80 Å². The summed E-state index contributed by atoms with van der Waals surface area (Å²) in [7, 11) is 0. The highest BCUT2D eigenvalue weighted by atomic mass is 16.3. The molecule has 0 saturated heterocycles. The maximum atomic E-state index is 6.57. The van der Waals surface area contributed by atoms with Gasteiger partial charge in [0, 0.05) is 49.9 Å². The largest absolute Gasteiger partial charge is 0.455 e. The van der Waals surface area contributed by atoms with Crippen LogP contribution in [0.2, 0.25) is 0 Å². The second-order valence-electron chi connectivity index (χ2n) is 23.5. The molecule has 0 fully saturated rings. The number of furan rings is 1. The lowest BCUT2D eigenvalue weighted by Gasteiger charge is -2.46. The van der Waals surface area contributed by atoms with Gasteiger partial charge in [0.25, 0.3) is 6.71 Å². The fourth-order valence-corrected chi connectivity index (χ4v) is 12.7. The van der Waals surface area contributed by atoms with Gasteiger partial charge in [-0.2, -0.15) is 0 Å². The molecule has 0 N–H and O–H groups in total. The first kappa shape index (κ1) is 49.5. The Balaban J connectivity index is 1.29. The van der Waals surface area contributed by atoms with Crippen molar-refractivity contribution < 1.29 is 4.42 Å². The van der Waals surface area contributed by atoms with Gasteiger partial charge in [0.2, 0.25) is 0 Å². The summed E-state index contributed by atoms with van der Waals surface area (Å²) in [5.74, 6) is 0. The molecule has 2 aliphatic rings. The van der Waals surface area contributed by atoms with Crippen molar-refractivity contribution in [2.24, 2.45) is 0 Å². The van der Waals surface area contributed by atoms with Crippen molar-refractivity contribution >= 4 is 103 Å².